The lowest BCUT2D eigenvalue weighted by molar-refractivity contribution is 0.150. The second-order valence-electron chi connectivity index (χ2n) is 5.09. The van der Waals surface area contributed by atoms with E-state index in [9.17, 15) is 0 Å². The van der Waals surface area contributed by atoms with Gasteiger partial charge in [0.05, 0.1) is 6.61 Å². The van der Waals surface area contributed by atoms with Crippen LogP contribution in [0, 0.1) is 5.41 Å². The number of nitrogens with two attached hydrogens (primary N) is 1. The summed E-state index contributed by atoms with van der Waals surface area (Å²) in [6.45, 7) is 1.23. The molecule has 1 unspecified atom stereocenters. The van der Waals surface area contributed by atoms with Crippen molar-refractivity contribution in [1.29, 1.82) is 0 Å². The van der Waals surface area contributed by atoms with Crippen LogP contribution >= 0.6 is 0 Å². The van der Waals surface area contributed by atoms with Gasteiger partial charge in [0.25, 0.3) is 0 Å². The third-order valence-electron chi connectivity index (χ3n) is 3.25. The van der Waals surface area contributed by atoms with E-state index in [2.05, 4.69) is 19.0 Å². The second-order valence-corrected chi connectivity index (χ2v) is 5.09. The summed E-state index contributed by atoms with van der Waals surface area (Å²) in [5.41, 5.74) is 6.23. The summed E-state index contributed by atoms with van der Waals surface area (Å²) >= 11 is 0. The van der Waals surface area contributed by atoms with Gasteiger partial charge in [0.15, 0.2) is 0 Å². The van der Waals surface area contributed by atoms with Crippen LogP contribution in [0.4, 0.5) is 0 Å². The van der Waals surface area contributed by atoms with Gasteiger partial charge in [0.2, 0.25) is 0 Å². The lowest BCUT2D eigenvalue weighted by Crippen LogP contribution is -2.38. The molecule has 1 aliphatic carbocycles. The van der Waals surface area contributed by atoms with Crippen molar-refractivity contribution in [3.05, 3.63) is 0 Å². The maximum atomic E-state index is 9.01. The number of hydrogen-bond donors (Lipinski definition) is 2. The van der Waals surface area contributed by atoms with Crippen molar-refractivity contribution in [3.63, 3.8) is 0 Å². The Hall–Kier alpha value is -0.120. The highest BCUT2D eigenvalue weighted by Crippen LogP contribution is 2.42. The zero-order valence-corrected chi connectivity index (χ0v) is 9.50. The molecule has 0 aliphatic heterocycles. The minimum absolute atomic E-state index is 0.0342. The van der Waals surface area contributed by atoms with Crippen LogP contribution in [0.15, 0.2) is 0 Å². The Kier molecular flexibility index (Phi) is 4.35. The van der Waals surface area contributed by atoms with E-state index in [0.717, 1.165) is 13.0 Å². The molecule has 0 aromatic heterocycles. The SMILES string of the molecule is CN(C)CC1(CC(N)CO)CCCC1. The standard InChI is InChI=1S/C11H24N2O/c1-13(2)9-11(5-3-4-6-11)7-10(12)8-14/h10,14H,3-9,12H2,1-2H3. The highest BCUT2D eigenvalue weighted by molar-refractivity contribution is 4.89. The molecule has 0 bridgehead atoms. The van der Waals surface area contributed by atoms with Gasteiger partial charge in [-0.15, -0.1) is 0 Å². The molecule has 0 aromatic carbocycles. The van der Waals surface area contributed by atoms with Crippen molar-refractivity contribution in [2.45, 2.75) is 38.1 Å². The summed E-state index contributed by atoms with van der Waals surface area (Å²) in [6, 6.07) is -0.0342. The fourth-order valence-electron chi connectivity index (χ4n) is 2.84. The van der Waals surface area contributed by atoms with Crippen molar-refractivity contribution >= 4 is 0 Å². The van der Waals surface area contributed by atoms with Gasteiger partial charge in [0, 0.05) is 12.6 Å². The molecule has 3 N–H and O–H groups in total. The summed E-state index contributed by atoms with van der Waals surface area (Å²) in [4.78, 5) is 2.25. The van der Waals surface area contributed by atoms with Crippen molar-refractivity contribution < 1.29 is 5.11 Å². The molecule has 84 valence electrons. The molecule has 1 fully saturated rings. The van der Waals surface area contributed by atoms with E-state index < -0.39 is 0 Å². The molecule has 0 amide bonds. The smallest absolute Gasteiger partial charge is 0.0582 e. The van der Waals surface area contributed by atoms with Gasteiger partial charge in [-0.2, -0.15) is 0 Å². The molecular formula is C11H24N2O. The zero-order valence-electron chi connectivity index (χ0n) is 9.50. The molecule has 0 aromatic rings. The molecule has 3 nitrogen and oxygen atoms in total. The molecule has 1 rings (SSSR count). The molecule has 0 spiro atoms. The van der Waals surface area contributed by atoms with Crippen LogP contribution in [0.2, 0.25) is 0 Å². The fourth-order valence-corrected chi connectivity index (χ4v) is 2.84. The van der Waals surface area contributed by atoms with Crippen LogP contribution in [-0.2, 0) is 0 Å². The van der Waals surface area contributed by atoms with Gasteiger partial charge >= 0.3 is 0 Å². The van der Waals surface area contributed by atoms with Gasteiger partial charge in [-0.25, -0.2) is 0 Å². The van der Waals surface area contributed by atoms with Crippen molar-refractivity contribution in [3.8, 4) is 0 Å². The molecule has 1 atom stereocenters. The molecule has 0 saturated heterocycles. The maximum absolute atomic E-state index is 9.01. The van der Waals surface area contributed by atoms with Crippen LogP contribution in [0.5, 0.6) is 0 Å². The van der Waals surface area contributed by atoms with E-state index in [0.29, 0.717) is 5.41 Å². The Balaban J connectivity index is 2.52. The minimum atomic E-state index is -0.0342. The number of aliphatic hydroxyl groups is 1. The van der Waals surface area contributed by atoms with Crippen LogP contribution in [0.1, 0.15) is 32.1 Å². The topological polar surface area (TPSA) is 49.5 Å². The monoisotopic (exact) mass is 200 g/mol. The average molecular weight is 200 g/mol. The summed E-state index contributed by atoms with van der Waals surface area (Å²) in [5, 5.41) is 9.01. The van der Waals surface area contributed by atoms with E-state index >= 15 is 0 Å². The highest BCUT2D eigenvalue weighted by Gasteiger charge is 2.35. The third kappa shape index (κ3) is 3.23. The van der Waals surface area contributed by atoms with E-state index in [4.69, 9.17) is 10.8 Å². The first kappa shape index (κ1) is 12.0. The molecule has 3 heteroatoms. The van der Waals surface area contributed by atoms with Gasteiger partial charge in [0.1, 0.15) is 0 Å². The molecular weight excluding hydrogens is 176 g/mol. The number of rotatable bonds is 5. The first-order chi connectivity index (χ1) is 6.58. The second kappa shape index (κ2) is 5.10. The highest BCUT2D eigenvalue weighted by atomic mass is 16.3. The lowest BCUT2D eigenvalue weighted by atomic mass is 9.80. The molecule has 0 heterocycles. The summed E-state index contributed by atoms with van der Waals surface area (Å²) in [7, 11) is 4.23. The Bertz CT molecular complexity index is 165. The summed E-state index contributed by atoms with van der Waals surface area (Å²) in [5.74, 6) is 0. The Morgan fingerprint density at radius 1 is 1.36 bits per heavy atom. The van der Waals surface area contributed by atoms with Crippen molar-refractivity contribution in [1.82, 2.24) is 4.90 Å². The Labute approximate surface area is 87.3 Å². The Morgan fingerprint density at radius 3 is 2.36 bits per heavy atom. The Morgan fingerprint density at radius 2 is 1.93 bits per heavy atom. The first-order valence-corrected chi connectivity index (χ1v) is 5.59. The van der Waals surface area contributed by atoms with Crippen molar-refractivity contribution in [2.24, 2.45) is 11.1 Å². The molecule has 1 aliphatic rings. The van der Waals surface area contributed by atoms with Crippen molar-refractivity contribution in [2.75, 3.05) is 27.2 Å². The maximum Gasteiger partial charge on any atom is 0.0582 e. The average Bonchev–Trinajstić information content (AvgIpc) is 2.51. The predicted molar refractivity (Wildman–Crippen MR) is 59.1 cm³/mol. The van der Waals surface area contributed by atoms with Crippen LogP contribution in [-0.4, -0.2) is 43.3 Å². The first-order valence-electron chi connectivity index (χ1n) is 5.59. The summed E-state index contributed by atoms with van der Waals surface area (Å²) in [6.07, 6.45) is 6.18. The third-order valence-corrected chi connectivity index (χ3v) is 3.25. The molecule has 0 radical (unpaired) electrons. The van der Waals surface area contributed by atoms with E-state index in [1.54, 1.807) is 0 Å². The van der Waals surface area contributed by atoms with Crippen LogP contribution in [0.3, 0.4) is 0 Å². The fraction of sp³-hybridized carbons (Fsp3) is 1.00. The van der Waals surface area contributed by atoms with Gasteiger partial charge in [-0.3, -0.25) is 0 Å². The largest absolute Gasteiger partial charge is 0.395 e. The molecule has 14 heavy (non-hydrogen) atoms. The quantitative estimate of drug-likeness (QED) is 0.691. The van der Waals surface area contributed by atoms with E-state index in [1.807, 2.05) is 0 Å². The minimum Gasteiger partial charge on any atom is -0.395 e. The number of nitrogens with zero attached hydrogens (tertiary/aromatic N) is 1. The lowest BCUT2D eigenvalue weighted by Gasteiger charge is -2.34. The van der Waals surface area contributed by atoms with Crippen LogP contribution < -0.4 is 5.73 Å². The van der Waals surface area contributed by atoms with E-state index in [-0.39, 0.29) is 12.6 Å². The predicted octanol–water partition coefficient (Wildman–Crippen LogP) is 0.818. The number of hydrogen-bond acceptors (Lipinski definition) is 3. The molecule has 1 saturated carbocycles. The number of aliphatic hydroxyl groups excluding tert-OH is 1. The summed E-state index contributed by atoms with van der Waals surface area (Å²) < 4.78 is 0. The van der Waals surface area contributed by atoms with Crippen LogP contribution in [0.25, 0.3) is 0 Å². The zero-order chi connectivity index (χ0) is 10.6. The van der Waals surface area contributed by atoms with Gasteiger partial charge < -0.3 is 15.7 Å². The normalized spacial score (nSPS) is 22.9. The van der Waals surface area contributed by atoms with E-state index in [1.165, 1.54) is 25.7 Å². The van der Waals surface area contributed by atoms with Gasteiger partial charge in [-0.05, 0) is 38.8 Å². The van der Waals surface area contributed by atoms with Gasteiger partial charge in [-0.1, -0.05) is 12.8 Å².